The molecule has 0 aliphatic rings. The number of nitrogens with zero attached hydrogens (tertiary/aromatic N) is 1. The first-order chi connectivity index (χ1) is 10.3. The Morgan fingerprint density at radius 2 is 1.95 bits per heavy atom. The molecule has 2 rings (SSSR count). The fourth-order valence-electron chi connectivity index (χ4n) is 2.42. The van der Waals surface area contributed by atoms with Gasteiger partial charge in [0.25, 0.3) is 0 Å². The van der Waals surface area contributed by atoms with Crippen molar-refractivity contribution in [2.24, 2.45) is 0 Å². The van der Waals surface area contributed by atoms with Crippen molar-refractivity contribution in [1.29, 1.82) is 0 Å². The molecule has 3 heteroatoms. The molecule has 112 valence electrons. The summed E-state index contributed by atoms with van der Waals surface area (Å²) in [6, 6.07) is 12.4. The SMILES string of the molecule is CCCOc1ccccc1C(NCC)c1ncccc1C. The van der Waals surface area contributed by atoms with E-state index in [0.717, 1.165) is 36.6 Å². The third kappa shape index (κ3) is 3.82. The van der Waals surface area contributed by atoms with Crippen molar-refractivity contribution in [2.75, 3.05) is 13.2 Å². The molecule has 0 saturated carbocycles. The molecule has 1 aromatic carbocycles. The van der Waals surface area contributed by atoms with Gasteiger partial charge in [-0.3, -0.25) is 4.98 Å². The van der Waals surface area contributed by atoms with Crippen LogP contribution in [0.25, 0.3) is 0 Å². The zero-order chi connectivity index (χ0) is 15.1. The van der Waals surface area contributed by atoms with Gasteiger partial charge in [0.15, 0.2) is 0 Å². The van der Waals surface area contributed by atoms with E-state index in [4.69, 9.17) is 4.74 Å². The van der Waals surface area contributed by atoms with Crippen molar-refractivity contribution in [2.45, 2.75) is 33.2 Å². The summed E-state index contributed by atoms with van der Waals surface area (Å²) in [6.07, 6.45) is 2.85. The van der Waals surface area contributed by atoms with Gasteiger partial charge in [-0.15, -0.1) is 0 Å². The van der Waals surface area contributed by atoms with E-state index in [0.29, 0.717) is 0 Å². The van der Waals surface area contributed by atoms with Crippen molar-refractivity contribution in [3.63, 3.8) is 0 Å². The molecule has 1 aromatic heterocycles. The molecule has 1 atom stereocenters. The summed E-state index contributed by atoms with van der Waals surface area (Å²) in [4.78, 5) is 4.58. The largest absolute Gasteiger partial charge is 0.493 e. The van der Waals surface area contributed by atoms with Gasteiger partial charge in [-0.05, 0) is 37.6 Å². The zero-order valence-corrected chi connectivity index (χ0v) is 13.1. The maximum absolute atomic E-state index is 5.91. The molecule has 0 radical (unpaired) electrons. The normalized spacial score (nSPS) is 12.1. The van der Waals surface area contributed by atoms with Crippen molar-refractivity contribution in [3.05, 3.63) is 59.4 Å². The van der Waals surface area contributed by atoms with E-state index in [2.05, 4.69) is 49.3 Å². The summed E-state index contributed by atoms with van der Waals surface area (Å²) >= 11 is 0. The van der Waals surface area contributed by atoms with Gasteiger partial charge in [0.05, 0.1) is 18.3 Å². The molecule has 0 amide bonds. The van der Waals surface area contributed by atoms with Crippen LogP contribution in [0, 0.1) is 6.92 Å². The molecule has 0 fully saturated rings. The highest BCUT2D eigenvalue weighted by Crippen LogP contribution is 2.30. The molecule has 1 N–H and O–H groups in total. The number of hydrogen-bond donors (Lipinski definition) is 1. The Morgan fingerprint density at radius 1 is 1.14 bits per heavy atom. The number of aryl methyl sites for hydroxylation is 1. The third-order valence-electron chi connectivity index (χ3n) is 3.42. The van der Waals surface area contributed by atoms with Gasteiger partial charge in [-0.1, -0.05) is 38.1 Å². The monoisotopic (exact) mass is 284 g/mol. The van der Waals surface area contributed by atoms with E-state index in [1.165, 1.54) is 5.56 Å². The summed E-state index contributed by atoms with van der Waals surface area (Å²) in [7, 11) is 0. The number of nitrogens with one attached hydrogen (secondary N) is 1. The lowest BCUT2D eigenvalue weighted by atomic mass is 9.99. The highest BCUT2D eigenvalue weighted by atomic mass is 16.5. The maximum Gasteiger partial charge on any atom is 0.124 e. The van der Waals surface area contributed by atoms with E-state index in [1.54, 1.807) is 0 Å². The van der Waals surface area contributed by atoms with E-state index in [1.807, 2.05) is 24.4 Å². The van der Waals surface area contributed by atoms with Crippen molar-refractivity contribution < 1.29 is 4.74 Å². The number of hydrogen-bond acceptors (Lipinski definition) is 3. The van der Waals surface area contributed by atoms with Crippen LogP contribution in [0.3, 0.4) is 0 Å². The van der Waals surface area contributed by atoms with Gasteiger partial charge >= 0.3 is 0 Å². The molecule has 2 aromatic rings. The van der Waals surface area contributed by atoms with Crippen LogP contribution in [0.5, 0.6) is 5.75 Å². The average molecular weight is 284 g/mol. The fraction of sp³-hybridized carbons (Fsp3) is 0.389. The van der Waals surface area contributed by atoms with Crippen LogP contribution < -0.4 is 10.1 Å². The molecule has 0 spiro atoms. The number of aromatic nitrogens is 1. The van der Waals surface area contributed by atoms with Gasteiger partial charge < -0.3 is 10.1 Å². The summed E-state index contributed by atoms with van der Waals surface area (Å²) in [5.41, 5.74) is 3.40. The van der Waals surface area contributed by atoms with Crippen LogP contribution in [0.1, 0.15) is 43.1 Å². The van der Waals surface area contributed by atoms with Crippen LogP contribution in [-0.2, 0) is 0 Å². The molecule has 1 unspecified atom stereocenters. The molecule has 1 heterocycles. The van der Waals surface area contributed by atoms with E-state index in [-0.39, 0.29) is 6.04 Å². The maximum atomic E-state index is 5.91. The van der Waals surface area contributed by atoms with Crippen molar-refractivity contribution in [3.8, 4) is 5.75 Å². The fourth-order valence-corrected chi connectivity index (χ4v) is 2.42. The lowest BCUT2D eigenvalue weighted by molar-refractivity contribution is 0.311. The second-order valence-electron chi connectivity index (χ2n) is 5.08. The lowest BCUT2D eigenvalue weighted by Gasteiger charge is -2.22. The summed E-state index contributed by atoms with van der Waals surface area (Å²) < 4.78 is 5.91. The predicted molar refractivity (Wildman–Crippen MR) is 86.7 cm³/mol. The standard InChI is InChI=1S/C18H24N2O/c1-4-13-21-16-11-7-6-10-15(16)18(19-5-2)17-14(3)9-8-12-20-17/h6-12,18-19H,4-5,13H2,1-3H3. The minimum Gasteiger partial charge on any atom is -0.493 e. The van der Waals surface area contributed by atoms with Crippen LogP contribution in [-0.4, -0.2) is 18.1 Å². The first-order valence-electron chi connectivity index (χ1n) is 7.64. The number of ether oxygens (including phenoxy) is 1. The third-order valence-corrected chi connectivity index (χ3v) is 3.42. The minimum atomic E-state index is 0.0595. The summed E-state index contributed by atoms with van der Waals surface area (Å²) in [6.45, 7) is 7.94. The number of pyridine rings is 1. The summed E-state index contributed by atoms with van der Waals surface area (Å²) in [5, 5.41) is 3.53. The van der Waals surface area contributed by atoms with Crippen molar-refractivity contribution >= 4 is 0 Å². The van der Waals surface area contributed by atoms with E-state index in [9.17, 15) is 0 Å². The minimum absolute atomic E-state index is 0.0595. The van der Waals surface area contributed by atoms with Gasteiger partial charge in [-0.25, -0.2) is 0 Å². The second kappa shape index (κ2) is 7.79. The smallest absolute Gasteiger partial charge is 0.124 e. The van der Waals surface area contributed by atoms with Gasteiger partial charge in [0.1, 0.15) is 5.75 Å². The highest BCUT2D eigenvalue weighted by Gasteiger charge is 2.19. The first kappa shape index (κ1) is 15.5. The Labute approximate surface area is 127 Å². The quantitative estimate of drug-likeness (QED) is 0.838. The van der Waals surface area contributed by atoms with Crippen LogP contribution in [0.4, 0.5) is 0 Å². The topological polar surface area (TPSA) is 34.1 Å². The van der Waals surface area contributed by atoms with Gasteiger partial charge in [0.2, 0.25) is 0 Å². The molecule has 3 nitrogen and oxygen atoms in total. The Morgan fingerprint density at radius 3 is 2.67 bits per heavy atom. The molecule has 0 aliphatic heterocycles. The van der Waals surface area contributed by atoms with Crippen LogP contribution >= 0.6 is 0 Å². The lowest BCUT2D eigenvalue weighted by Crippen LogP contribution is -2.24. The molecule has 21 heavy (non-hydrogen) atoms. The molecule has 0 aliphatic carbocycles. The van der Waals surface area contributed by atoms with E-state index < -0.39 is 0 Å². The number of para-hydroxylation sites is 1. The molecule has 0 bridgehead atoms. The average Bonchev–Trinajstić information content (AvgIpc) is 2.52. The van der Waals surface area contributed by atoms with Gasteiger partial charge in [-0.2, -0.15) is 0 Å². The van der Waals surface area contributed by atoms with Crippen molar-refractivity contribution in [1.82, 2.24) is 10.3 Å². The van der Waals surface area contributed by atoms with Crippen LogP contribution in [0.2, 0.25) is 0 Å². The Kier molecular flexibility index (Phi) is 5.76. The number of rotatable bonds is 7. The van der Waals surface area contributed by atoms with Gasteiger partial charge in [0, 0.05) is 11.8 Å². The Bertz CT molecular complexity index is 569. The predicted octanol–water partition coefficient (Wildman–Crippen LogP) is 3.88. The Balaban J connectivity index is 2.41. The Hall–Kier alpha value is -1.87. The molecule has 0 saturated heterocycles. The van der Waals surface area contributed by atoms with Crippen LogP contribution in [0.15, 0.2) is 42.6 Å². The number of benzene rings is 1. The zero-order valence-electron chi connectivity index (χ0n) is 13.1. The molecular formula is C18H24N2O. The highest BCUT2D eigenvalue weighted by molar-refractivity contribution is 5.41. The van der Waals surface area contributed by atoms with E-state index >= 15 is 0 Å². The second-order valence-corrected chi connectivity index (χ2v) is 5.08. The first-order valence-corrected chi connectivity index (χ1v) is 7.64. The molecular weight excluding hydrogens is 260 g/mol. The summed E-state index contributed by atoms with van der Waals surface area (Å²) in [5.74, 6) is 0.940.